The van der Waals surface area contributed by atoms with Crippen molar-refractivity contribution >= 4 is 40.2 Å². The minimum atomic E-state index is -0.758. The van der Waals surface area contributed by atoms with Gasteiger partial charge >= 0.3 is 6.09 Å². The van der Waals surface area contributed by atoms with E-state index in [-0.39, 0.29) is 33.7 Å². The minimum absolute atomic E-state index is 0.0817. The monoisotopic (exact) mass is 477 g/mol. The predicted octanol–water partition coefficient (Wildman–Crippen LogP) is 6.59. The Hall–Kier alpha value is -2.64. The van der Waals surface area contributed by atoms with Crippen LogP contribution in [0.15, 0.2) is 36.7 Å². The number of ether oxygens (including phenoxy) is 2. The molecule has 168 valence electrons. The molecule has 1 aliphatic rings. The van der Waals surface area contributed by atoms with Crippen molar-refractivity contribution in [1.82, 2.24) is 14.9 Å². The highest BCUT2D eigenvalue weighted by Gasteiger charge is 2.30. The molecule has 0 bridgehead atoms. The molecule has 0 N–H and O–H groups in total. The van der Waals surface area contributed by atoms with Gasteiger partial charge in [0.15, 0.2) is 11.6 Å². The first-order chi connectivity index (χ1) is 15.1. The first-order valence-electron chi connectivity index (χ1n) is 10.2. The van der Waals surface area contributed by atoms with Crippen LogP contribution in [-0.4, -0.2) is 39.7 Å². The zero-order chi connectivity index (χ0) is 23.0. The summed E-state index contributed by atoms with van der Waals surface area (Å²) in [6.45, 7) is 6.70. The summed E-state index contributed by atoms with van der Waals surface area (Å²) in [5.74, 6) is -0.509. The van der Waals surface area contributed by atoms with Gasteiger partial charge in [-0.2, -0.15) is 0 Å². The smallest absolute Gasteiger partial charge is 0.410 e. The SMILES string of the molecule is CC(C)(C)OC(=O)N1CC[C@H](c2ccc3ncnc(Oc4ccc(Cl)c(Cl)c4F)c3c2)C1. The molecular formula is C23H22Cl2FN3O3. The van der Waals surface area contributed by atoms with Crippen LogP contribution in [0.3, 0.4) is 0 Å². The molecule has 32 heavy (non-hydrogen) atoms. The Morgan fingerprint density at radius 3 is 2.72 bits per heavy atom. The fourth-order valence-corrected chi connectivity index (χ4v) is 3.90. The Morgan fingerprint density at radius 2 is 1.97 bits per heavy atom. The summed E-state index contributed by atoms with van der Waals surface area (Å²) in [5, 5.41) is 0.518. The number of benzene rings is 2. The van der Waals surface area contributed by atoms with Crippen molar-refractivity contribution in [1.29, 1.82) is 0 Å². The van der Waals surface area contributed by atoms with Crippen molar-refractivity contribution in [2.24, 2.45) is 0 Å². The Labute approximate surface area is 195 Å². The number of carbonyl (C=O) groups excluding carboxylic acids is 1. The molecule has 4 rings (SSSR count). The summed E-state index contributed by atoms with van der Waals surface area (Å²) in [7, 11) is 0. The van der Waals surface area contributed by atoms with Crippen molar-refractivity contribution in [3.8, 4) is 11.6 Å². The Morgan fingerprint density at radius 1 is 1.19 bits per heavy atom. The Balaban J connectivity index is 1.60. The zero-order valence-electron chi connectivity index (χ0n) is 17.9. The van der Waals surface area contributed by atoms with Gasteiger partial charge in [0.2, 0.25) is 5.88 Å². The lowest BCUT2D eigenvalue weighted by molar-refractivity contribution is 0.0292. The number of rotatable bonds is 3. The molecule has 0 unspecified atom stereocenters. The van der Waals surface area contributed by atoms with Crippen LogP contribution in [0.4, 0.5) is 9.18 Å². The van der Waals surface area contributed by atoms with Gasteiger partial charge in [0.05, 0.1) is 20.9 Å². The number of nitrogens with zero attached hydrogens (tertiary/aromatic N) is 3. The third-order valence-corrected chi connectivity index (χ3v) is 5.92. The van der Waals surface area contributed by atoms with Gasteiger partial charge < -0.3 is 14.4 Å². The maximum Gasteiger partial charge on any atom is 0.410 e. The summed E-state index contributed by atoms with van der Waals surface area (Å²) < 4.78 is 25.7. The van der Waals surface area contributed by atoms with Gasteiger partial charge in [-0.3, -0.25) is 0 Å². The largest absolute Gasteiger partial charge is 0.444 e. The van der Waals surface area contributed by atoms with Crippen LogP contribution in [0, 0.1) is 5.82 Å². The summed E-state index contributed by atoms with van der Waals surface area (Å²) >= 11 is 11.8. The first-order valence-corrected chi connectivity index (χ1v) is 10.9. The van der Waals surface area contributed by atoms with Gasteiger partial charge in [-0.05, 0) is 57.0 Å². The van der Waals surface area contributed by atoms with Gasteiger partial charge in [0.25, 0.3) is 0 Å². The van der Waals surface area contributed by atoms with Crippen LogP contribution >= 0.6 is 23.2 Å². The van der Waals surface area contributed by atoms with Gasteiger partial charge in [-0.25, -0.2) is 19.2 Å². The molecule has 0 aliphatic carbocycles. The molecule has 2 heterocycles. The molecule has 0 saturated carbocycles. The van der Waals surface area contributed by atoms with E-state index in [0.29, 0.717) is 24.0 Å². The van der Waals surface area contributed by atoms with E-state index in [9.17, 15) is 9.18 Å². The quantitative estimate of drug-likeness (QED) is 0.398. The first kappa shape index (κ1) is 22.6. The lowest BCUT2D eigenvalue weighted by Crippen LogP contribution is -2.35. The van der Waals surface area contributed by atoms with Crippen molar-refractivity contribution in [2.75, 3.05) is 13.1 Å². The molecule has 1 atom stereocenters. The predicted molar refractivity (Wildman–Crippen MR) is 121 cm³/mol. The molecular weight excluding hydrogens is 456 g/mol. The third kappa shape index (κ3) is 4.74. The normalized spacial score (nSPS) is 16.4. The molecule has 1 fully saturated rings. The highest BCUT2D eigenvalue weighted by Crippen LogP contribution is 2.36. The molecule has 9 heteroatoms. The van der Waals surface area contributed by atoms with Crippen LogP contribution in [-0.2, 0) is 4.74 Å². The van der Waals surface area contributed by atoms with Crippen LogP contribution in [0.1, 0.15) is 38.7 Å². The van der Waals surface area contributed by atoms with E-state index in [1.54, 1.807) is 4.90 Å². The number of hydrogen-bond acceptors (Lipinski definition) is 5. The number of likely N-dealkylation sites (tertiary alicyclic amines) is 1. The van der Waals surface area contributed by atoms with Crippen LogP contribution in [0.5, 0.6) is 11.6 Å². The highest BCUT2D eigenvalue weighted by molar-refractivity contribution is 6.42. The lowest BCUT2D eigenvalue weighted by atomic mass is 9.97. The average molecular weight is 478 g/mol. The molecule has 0 spiro atoms. The topological polar surface area (TPSA) is 64.5 Å². The highest BCUT2D eigenvalue weighted by atomic mass is 35.5. The van der Waals surface area contributed by atoms with Crippen molar-refractivity contribution in [2.45, 2.75) is 38.7 Å². The second kappa shape index (κ2) is 8.71. The van der Waals surface area contributed by atoms with Gasteiger partial charge in [-0.1, -0.05) is 29.3 Å². The Kier molecular flexibility index (Phi) is 6.14. The molecule has 2 aromatic carbocycles. The molecule has 1 aromatic heterocycles. The third-order valence-electron chi connectivity index (χ3n) is 5.14. The second-order valence-corrected chi connectivity index (χ2v) is 9.43. The van der Waals surface area contributed by atoms with Crippen molar-refractivity contribution < 1.29 is 18.7 Å². The number of halogens is 3. The van der Waals surface area contributed by atoms with Crippen LogP contribution in [0.25, 0.3) is 10.9 Å². The number of aromatic nitrogens is 2. The van der Waals surface area contributed by atoms with Gasteiger partial charge in [0.1, 0.15) is 11.9 Å². The van der Waals surface area contributed by atoms with E-state index >= 15 is 0 Å². The van der Waals surface area contributed by atoms with Crippen LogP contribution < -0.4 is 4.74 Å². The molecule has 0 radical (unpaired) electrons. The van der Waals surface area contributed by atoms with Gasteiger partial charge in [0, 0.05) is 19.0 Å². The minimum Gasteiger partial charge on any atom is -0.444 e. The standard InChI is InChI=1S/C23H22Cl2FN3O3/c1-23(2,3)32-22(30)29-9-8-14(11-29)13-4-6-17-15(10-13)21(28-12-27-17)31-18-7-5-16(24)19(25)20(18)26/h4-7,10,12,14H,8-9,11H2,1-3H3/t14-/m0/s1. The van der Waals surface area contributed by atoms with Gasteiger partial charge in [-0.15, -0.1) is 0 Å². The van der Waals surface area contributed by atoms with E-state index in [0.717, 1.165) is 12.0 Å². The molecule has 6 nitrogen and oxygen atoms in total. The van der Waals surface area contributed by atoms with Crippen LogP contribution in [0.2, 0.25) is 10.0 Å². The molecule has 3 aromatic rings. The average Bonchev–Trinajstić information content (AvgIpc) is 3.23. The van der Waals surface area contributed by atoms with Crippen molar-refractivity contribution in [3.63, 3.8) is 0 Å². The number of fused-ring (bicyclic) bond motifs is 1. The molecule has 1 saturated heterocycles. The van der Waals surface area contributed by atoms with E-state index in [1.165, 1.54) is 18.5 Å². The fourth-order valence-electron chi connectivity index (χ4n) is 3.60. The zero-order valence-corrected chi connectivity index (χ0v) is 19.4. The summed E-state index contributed by atoms with van der Waals surface area (Å²) in [5.41, 5.74) is 1.13. The summed E-state index contributed by atoms with van der Waals surface area (Å²) in [6, 6.07) is 8.62. The lowest BCUT2D eigenvalue weighted by Gasteiger charge is -2.24. The second-order valence-electron chi connectivity index (χ2n) is 8.64. The maximum atomic E-state index is 14.5. The Bertz CT molecular complexity index is 1180. The number of carbonyl (C=O) groups is 1. The van der Waals surface area contributed by atoms with Crippen molar-refractivity contribution in [3.05, 3.63) is 58.1 Å². The van der Waals surface area contributed by atoms with E-state index in [2.05, 4.69) is 9.97 Å². The van der Waals surface area contributed by atoms with E-state index < -0.39 is 11.4 Å². The molecule has 1 aliphatic heterocycles. The fraction of sp³-hybridized carbons (Fsp3) is 0.348. The van der Waals surface area contributed by atoms with E-state index in [4.69, 9.17) is 32.7 Å². The molecule has 1 amide bonds. The van der Waals surface area contributed by atoms with E-state index in [1.807, 2.05) is 39.0 Å². The maximum absolute atomic E-state index is 14.5. The summed E-state index contributed by atoms with van der Waals surface area (Å²) in [4.78, 5) is 22.6. The number of amides is 1. The summed E-state index contributed by atoms with van der Waals surface area (Å²) in [6.07, 6.45) is 1.84. The number of hydrogen-bond donors (Lipinski definition) is 0.